The first-order valence-corrected chi connectivity index (χ1v) is 19.0. The van der Waals surface area contributed by atoms with Gasteiger partial charge < -0.3 is 25.6 Å². The molecule has 6 bridgehead atoms. The van der Waals surface area contributed by atoms with E-state index in [1.54, 1.807) is 11.0 Å². The lowest BCUT2D eigenvalue weighted by Gasteiger charge is -2.31. The molecule has 4 amide bonds. The van der Waals surface area contributed by atoms with Gasteiger partial charge in [0.1, 0.15) is 23.7 Å². The third-order valence-corrected chi connectivity index (χ3v) is 11.8. The van der Waals surface area contributed by atoms with Crippen LogP contribution in [0.5, 0.6) is 0 Å². The number of hydrogen-bond acceptors (Lipinski definition) is 9. The maximum absolute atomic E-state index is 14.6. The third kappa shape index (κ3) is 7.17. The van der Waals surface area contributed by atoms with E-state index in [1.807, 2.05) is 31.4 Å². The summed E-state index contributed by atoms with van der Waals surface area (Å²) in [4.78, 5) is 76.7. The summed E-state index contributed by atoms with van der Waals surface area (Å²) >= 11 is 1.44. The van der Waals surface area contributed by atoms with E-state index < -0.39 is 53.3 Å². The topological polar surface area (TPSA) is 150 Å². The highest BCUT2D eigenvalue weighted by Gasteiger charge is 2.62. The predicted molar refractivity (Wildman–Crippen MR) is 192 cm³/mol. The van der Waals surface area contributed by atoms with Crippen LogP contribution < -0.4 is 16.0 Å². The normalized spacial score (nSPS) is 28.6. The van der Waals surface area contributed by atoms with Gasteiger partial charge in [0.15, 0.2) is 5.13 Å². The van der Waals surface area contributed by atoms with Crippen molar-refractivity contribution in [2.24, 2.45) is 11.8 Å². The Hall–Kier alpha value is -4.52. The van der Waals surface area contributed by atoms with Crippen molar-refractivity contribution in [1.29, 1.82) is 0 Å². The van der Waals surface area contributed by atoms with Gasteiger partial charge in [-0.25, -0.2) is 9.78 Å². The predicted octanol–water partition coefficient (Wildman–Crippen LogP) is 4.35. The summed E-state index contributed by atoms with van der Waals surface area (Å²) in [5.41, 5.74) is 2.72. The van der Waals surface area contributed by atoms with Gasteiger partial charge >= 0.3 is 6.09 Å². The number of nitrogens with zero attached hydrogens (tertiary/aromatic N) is 3. The zero-order valence-electron chi connectivity index (χ0n) is 29.2. The molecule has 2 saturated carbocycles. The number of anilines is 1. The van der Waals surface area contributed by atoms with E-state index in [4.69, 9.17) is 9.72 Å². The Morgan fingerprint density at radius 1 is 1.24 bits per heavy atom. The highest BCUT2D eigenvalue weighted by atomic mass is 32.1. The molecule has 0 radical (unpaired) electrons. The zero-order chi connectivity index (χ0) is 35.9. The van der Waals surface area contributed by atoms with E-state index in [0.29, 0.717) is 24.6 Å². The van der Waals surface area contributed by atoms with E-state index >= 15 is 0 Å². The van der Waals surface area contributed by atoms with Gasteiger partial charge in [-0.1, -0.05) is 56.7 Å². The third-order valence-electron chi connectivity index (χ3n) is 11.0. The number of ether oxygens (including phenoxy) is 1. The monoisotopic (exact) mass is 714 g/mol. The van der Waals surface area contributed by atoms with Crippen molar-refractivity contribution in [1.82, 2.24) is 25.4 Å². The molecule has 1 aromatic heterocycles. The van der Waals surface area contributed by atoms with Crippen LogP contribution in [0.4, 0.5) is 9.93 Å². The van der Waals surface area contributed by atoms with Crippen LogP contribution in [0.1, 0.15) is 81.2 Å². The number of nitrogens with one attached hydrogen (secondary N) is 3. The van der Waals surface area contributed by atoms with Crippen molar-refractivity contribution in [3.63, 3.8) is 0 Å². The molecule has 1 saturated heterocycles. The standard InChI is InChI=1S/C38H46N6O6S/c1-4-22(3)31-35(48)44-19-28(16-30(44)33(46)42-38(17-25(38)5-2)32(45)34(47)39-26-14-15-26)50-37(49)43-18-24-12-9-11-23(29(24)20-43)10-7-6-8-13-27-21-51-36(40-27)41-31/h5,7,9-12,21-22,25-26,28,30-31H,2,4,6,8,13-20H2,1,3H3,(H,39,47)(H,40,41)(H,42,46)/b10-7+/t22-,25+,28+,30-,31-,38+/m0/s1. The van der Waals surface area contributed by atoms with Crippen molar-refractivity contribution >= 4 is 52.1 Å². The number of carbonyl (C=O) groups is 5. The lowest BCUT2D eigenvalue weighted by molar-refractivity contribution is -0.143. The fourth-order valence-electron chi connectivity index (χ4n) is 7.44. The Morgan fingerprint density at radius 2 is 2.06 bits per heavy atom. The average Bonchev–Trinajstić information content (AvgIpc) is 3.87. The number of allylic oxidation sites excluding steroid dienone is 1. The van der Waals surface area contributed by atoms with Gasteiger partial charge in [0.05, 0.1) is 18.8 Å². The minimum Gasteiger partial charge on any atom is -0.444 e. The summed E-state index contributed by atoms with van der Waals surface area (Å²) in [6, 6.07) is 4.29. The number of aryl methyl sites for hydroxylation is 1. The number of benzene rings is 1. The summed E-state index contributed by atoms with van der Waals surface area (Å²) in [5.74, 6) is -2.86. The second-order valence-electron chi connectivity index (χ2n) is 14.6. The molecule has 1 aromatic carbocycles. The molecule has 3 aliphatic heterocycles. The van der Waals surface area contributed by atoms with Crippen molar-refractivity contribution in [3.05, 3.63) is 64.7 Å². The summed E-state index contributed by atoms with van der Waals surface area (Å²) < 4.78 is 6.05. The first-order valence-electron chi connectivity index (χ1n) is 18.1. The van der Waals surface area contributed by atoms with Gasteiger partial charge in [-0.15, -0.1) is 17.9 Å². The minimum atomic E-state index is -1.43. The molecule has 5 aliphatic rings. The van der Waals surface area contributed by atoms with Crippen LogP contribution >= 0.6 is 11.3 Å². The van der Waals surface area contributed by atoms with Crippen LogP contribution in [-0.4, -0.2) is 80.7 Å². The van der Waals surface area contributed by atoms with Gasteiger partial charge in [-0.05, 0) is 61.1 Å². The number of thiazole rings is 1. The second-order valence-corrected chi connectivity index (χ2v) is 15.5. The quantitative estimate of drug-likeness (QED) is 0.270. The first kappa shape index (κ1) is 34.9. The number of ketones is 1. The summed E-state index contributed by atoms with van der Waals surface area (Å²) in [6.45, 7) is 8.59. The molecule has 6 atom stereocenters. The van der Waals surface area contributed by atoms with Crippen LogP contribution in [0.3, 0.4) is 0 Å². The van der Waals surface area contributed by atoms with Gasteiger partial charge in [0, 0.05) is 30.3 Å². The molecule has 2 aromatic rings. The number of carbonyl (C=O) groups excluding carboxylic acids is 5. The fourth-order valence-corrected chi connectivity index (χ4v) is 8.22. The van der Waals surface area contributed by atoms with Crippen molar-refractivity contribution in [3.8, 4) is 0 Å². The Balaban J connectivity index is 1.18. The van der Waals surface area contributed by atoms with Crippen LogP contribution in [0, 0.1) is 11.8 Å². The molecule has 2 aliphatic carbocycles. The van der Waals surface area contributed by atoms with E-state index in [1.165, 1.54) is 16.2 Å². The second kappa shape index (κ2) is 14.2. The number of amides is 4. The number of rotatable bonds is 8. The summed E-state index contributed by atoms with van der Waals surface area (Å²) in [7, 11) is 0. The Morgan fingerprint density at radius 3 is 2.80 bits per heavy atom. The van der Waals surface area contributed by atoms with E-state index in [9.17, 15) is 24.0 Å². The number of Topliss-reactive ketones (excluding diaryl/α,β-unsaturated/α-hetero) is 1. The molecule has 4 heterocycles. The van der Waals surface area contributed by atoms with E-state index in [2.05, 4.69) is 40.7 Å². The zero-order valence-corrected chi connectivity index (χ0v) is 30.0. The fraction of sp³-hybridized carbons (Fsp3) is 0.526. The first-order chi connectivity index (χ1) is 24.6. The van der Waals surface area contributed by atoms with Crippen LogP contribution in [0.15, 0.2) is 42.3 Å². The maximum atomic E-state index is 14.6. The van der Waals surface area contributed by atoms with Crippen LogP contribution in [0.2, 0.25) is 0 Å². The molecule has 0 unspecified atom stereocenters. The Kier molecular flexibility index (Phi) is 9.75. The maximum Gasteiger partial charge on any atom is 0.410 e. The van der Waals surface area contributed by atoms with Crippen molar-refractivity contribution in [2.45, 2.75) is 108 Å². The molecule has 51 heavy (non-hydrogen) atoms. The lowest BCUT2D eigenvalue weighted by atomic mass is 9.97. The van der Waals surface area contributed by atoms with E-state index in [0.717, 1.165) is 54.5 Å². The molecule has 7 rings (SSSR count). The number of fused-ring (bicyclic) bond motifs is 5. The molecule has 3 N–H and O–H groups in total. The Labute approximate surface area is 302 Å². The summed E-state index contributed by atoms with van der Waals surface area (Å²) in [6.07, 6.45) is 9.74. The van der Waals surface area contributed by atoms with Gasteiger partial charge in [-0.3, -0.25) is 24.1 Å². The smallest absolute Gasteiger partial charge is 0.410 e. The lowest BCUT2D eigenvalue weighted by Crippen LogP contribution is -2.57. The van der Waals surface area contributed by atoms with Crippen molar-refractivity contribution < 1.29 is 28.7 Å². The molecule has 12 nitrogen and oxygen atoms in total. The molecule has 270 valence electrons. The molecular formula is C38H46N6O6S. The Bertz CT molecular complexity index is 1770. The molecule has 13 heteroatoms. The van der Waals surface area contributed by atoms with E-state index in [-0.39, 0.29) is 37.3 Å². The van der Waals surface area contributed by atoms with Crippen LogP contribution in [-0.2, 0) is 43.4 Å². The van der Waals surface area contributed by atoms with Gasteiger partial charge in [0.2, 0.25) is 17.6 Å². The number of hydrogen-bond donors (Lipinski definition) is 3. The molecule has 0 spiro atoms. The highest BCUT2D eigenvalue weighted by molar-refractivity contribution is 7.13. The van der Waals surface area contributed by atoms with Crippen LogP contribution in [0.25, 0.3) is 6.08 Å². The van der Waals surface area contributed by atoms with Gasteiger partial charge in [-0.2, -0.15) is 0 Å². The molecule has 3 fully saturated rings. The highest BCUT2D eigenvalue weighted by Crippen LogP contribution is 2.46. The van der Waals surface area contributed by atoms with Crippen molar-refractivity contribution in [2.75, 3.05) is 11.9 Å². The number of aromatic nitrogens is 1. The average molecular weight is 715 g/mol. The summed E-state index contributed by atoms with van der Waals surface area (Å²) in [5, 5.41) is 11.6. The SMILES string of the molecule is C=C[C@@H]1C[C@]1(NC(=O)[C@@H]1C[C@@H]2CN1C(=O)[C@H]([C@@H](C)CC)Nc1nc(cs1)CCC/C=C/c1cccc3c1CN(C3)C(=O)O2)C(=O)C(=O)NC1CC1. The largest absolute Gasteiger partial charge is 0.444 e. The minimum absolute atomic E-state index is 0.00314. The molecular weight excluding hydrogens is 669 g/mol. The van der Waals surface area contributed by atoms with Gasteiger partial charge in [0.25, 0.3) is 5.91 Å².